The van der Waals surface area contributed by atoms with E-state index in [9.17, 15) is 18.0 Å². The number of hydrogen-bond acceptors (Lipinski definition) is 7. The normalized spacial score (nSPS) is 13.2. The zero-order valence-electron chi connectivity index (χ0n) is 24.3. The fourth-order valence-corrected chi connectivity index (χ4v) is 5.46. The average molecular weight is 631 g/mol. The van der Waals surface area contributed by atoms with Crippen LogP contribution < -0.4 is 28.2 Å². The topological polar surface area (TPSA) is 173 Å². The molecule has 9 N–H and O–H groups in total. The Bertz CT molecular complexity index is 1630. The number of H-pyrrole nitrogens is 1. The number of alkyl halides is 3. The summed E-state index contributed by atoms with van der Waals surface area (Å²) in [5, 5.41) is 13.2. The lowest BCUT2D eigenvalue weighted by Crippen LogP contribution is -2.24. The summed E-state index contributed by atoms with van der Waals surface area (Å²) in [5.74, 6) is 0.0722. The predicted molar refractivity (Wildman–Crippen MR) is 169 cm³/mol. The second-order valence-electron chi connectivity index (χ2n) is 10.6. The molecule has 44 heavy (non-hydrogen) atoms. The molecule has 0 aliphatic heterocycles. The molecule has 10 nitrogen and oxygen atoms in total. The Kier molecular flexibility index (Phi) is 11.1. The van der Waals surface area contributed by atoms with Crippen molar-refractivity contribution >= 4 is 28.8 Å². The van der Waals surface area contributed by atoms with Gasteiger partial charge in [-0.3, -0.25) is 9.56 Å². The number of aliphatic hydroxyl groups is 1. The van der Waals surface area contributed by atoms with Crippen LogP contribution in [0.15, 0.2) is 69.4 Å². The predicted octanol–water partition coefficient (Wildman–Crippen LogP) is 3.95. The molecule has 2 aromatic carbocycles. The van der Waals surface area contributed by atoms with Crippen LogP contribution in [0.4, 0.5) is 13.2 Å². The highest BCUT2D eigenvalue weighted by Crippen LogP contribution is 2.39. The summed E-state index contributed by atoms with van der Waals surface area (Å²) in [6.07, 6.45) is 4.10. The third kappa shape index (κ3) is 9.32. The quantitative estimate of drug-likeness (QED) is 0.0526. The Balaban J connectivity index is 1.55. The van der Waals surface area contributed by atoms with Crippen molar-refractivity contribution in [3.8, 4) is 16.9 Å². The molecule has 236 valence electrons. The van der Waals surface area contributed by atoms with Crippen LogP contribution in [0.1, 0.15) is 43.4 Å². The molecule has 14 heteroatoms. The Morgan fingerprint density at radius 2 is 1.91 bits per heavy atom. The molecule has 0 radical (unpaired) electrons. The number of nitrogens with one attached hydrogen (secondary N) is 2. The molecule has 0 amide bonds. The number of aliphatic imine (C=N–C) groups is 1. The van der Waals surface area contributed by atoms with Crippen molar-refractivity contribution in [2.24, 2.45) is 22.2 Å². The van der Waals surface area contributed by atoms with Gasteiger partial charge in [-0.25, -0.2) is 4.79 Å². The van der Waals surface area contributed by atoms with E-state index in [0.717, 1.165) is 18.5 Å². The highest BCUT2D eigenvalue weighted by atomic mass is 32.2. The number of nitrogens with zero attached hydrogens (tertiary/aromatic N) is 3. The third-order valence-electron chi connectivity index (χ3n) is 7.04. The molecule has 0 bridgehead atoms. The van der Waals surface area contributed by atoms with E-state index in [1.807, 2.05) is 37.3 Å². The molecule has 2 heterocycles. The first-order chi connectivity index (χ1) is 20.9. The van der Waals surface area contributed by atoms with Gasteiger partial charge in [0.25, 0.3) is 0 Å². The van der Waals surface area contributed by atoms with Crippen LogP contribution >= 0.6 is 11.8 Å². The van der Waals surface area contributed by atoms with Gasteiger partial charge in [0.1, 0.15) is 5.65 Å². The second kappa shape index (κ2) is 14.8. The molecule has 0 spiro atoms. The number of aryl methyl sites for hydroxylation is 1. The molecule has 0 saturated heterocycles. The molecule has 0 aliphatic carbocycles. The number of thioether (sulfide) groups is 1. The van der Waals surface area contributed by atoms with E-state index >= 15 is 0 Å². The van der Waals surface area contributed by atoms with E-state index in [1.165, 1.54) is 16.7 Å². The summed E-state index contributed by atoms with van der Waals surface area (Å²) in [4.78, 5) is 24.3. The van der Waals surface area contributed by atoms with Gasteiger partial charge >= 0.3 is 11.2 Å². The van der Waals surface area contributed by atoms with Crippen molar-refractivity contribution in [3.05, 3.63) is 76.3 Å². The van der Waals surface area contributed by atoms with Crippen LogP contribution in [0.25, 0.3) is 28.0 Å². The SMILES string of the molecule is C[C@H](NCCCN=C(N)N)c1ccc(-n2cc3cc(-c4cc(CCC[C@@H](N)CO)cc(SC(F)(F)F)c4)[nH]c3nc2=O)cc1. The Hall–Kier alpha value is -3.85. The van der Waals surface area contributed by atoms with Gasteiger partial charge in [-0.15, -0.1) is 0 Å². The highest BCUT2D eigenvalue weighted by Gasteiger charge is 2.29. The van der Waals surface area contributed by atoms with Gasteiger partial charge in [-0.05, 0) is 104 Å². The van der Waals surface area contributed by atoms with Crippen molar-refractivity contribution in [2.75, 3.05) is 19.7 Å². The lowest BCUT2D eigenvalue weighted by molar-refractivity contribution is -0.0328. The van der Waals surface area contributed by atoms with Crippen LogP contribution in [0, 0.1) is 0 Å². The maximum atomic E-state index is 13.3. The van der Waals surface area contributed by atoms with Crippen molar-refractivity contribution in [2.45, 2.75) is 55.1 Å². The van der Waals surface area contributed by atoms with Crippen molar-refractivity contribution < 1.29 is 18.3 Å². The number of rotatable bonds is 14. The number of aromatic amines is 1. The Morgan fingerprint density at radius 3 is 2.59 bits per heavy atom. The smallest absolute Gasteiger partial charge is 0.395 e. The molecule has 2 atom stereocenters. The number of aromatic nitrogens is 3. The van der Waals surface area contributed by atoms with E-state index in [1.54, 1.807) is 12.3 Å². The molecule has 4 aromatic rings. The number of aliphatic hydroxyl groups excluding tert-OH is 1. The first-order valence-corrected chi connectivity index (χ1v) is 15.0. The molecule has 0 aliphatic rings. The first kappa shape index (κ1) is 33.1. The van der Waals surface area contributed by atoms with Gasteiger partial charge in [-0.1, -0.05) is 12.1 Å². The minimum Gasteiger partial charge on any atom is -0.395 e. The van der Waals surface area contributed by atoms with Gasteiger partial charge in [0, 0.05) is 40.8 Å². The standard InChI is InChI=1S/C30H37F3N8O2S/c1-18(37-10-3-11-38-28(35)36)20-6-8-24(9-7-20)41-16-22-15-26(39-27(22)40-29(41)43)21-12-19(4-2-5-23(34)17-42)13-25(14-21)44-30(31,32)33/h6-9,12-16,18,23,37,42H,2-5,10-11,17,34H2,1H3,(H4,35,36,38)(H,39,40,43)/t18-,23+/m0/s1. The van der Waals surface area contributed by atoms with E-state index in [2.05, 4.69) is 20.3 Å². The summed E-state index contributed by atoms with van der Waals surface area (Å²) in [7, 11) is 0. The van der Waals surface area contributed by atoms with E-state index < -0.39 is 11.2 Å². The number of fused-ring (bicyclic) bond motifs is 1. The lowest BCUT2D eigenvalue weighted by atomic mass is 10.0. The van der Waals surface area contributed by atoms with Crippen LogP contribution in [-0.2, 0) is 6.42 Å². The summed E-state index contributed by atoms with van der Waals surface area (Å²) >= 11 is -0.180. The molecule has 2 aromatic heterocycles. The average Bonchev–Trinajstić information content (AvgIpc) is 3.38. The molecule has 0 fully saturated rings. The van der Waals surface area contributed by atoms with Gasteiger partial charge < -0.3 is 32.6 Å². The molecule has 0 unspecified atom stereocenters. The summed E-state index contributed by atoms with van der Waals surface area (Å²) in [5.41, 5.74) is 15.3. The minimum absolute atomic E-state index is 0.0558. The van der Waals surface area contributed by atoms with E-state index in [-0.39, 0.29) is 41.3 Å². The molecule has 0 saturated carbocycles. The fourth-order valence-electron chi connectivity index (χ4n) is 4.79. The fraction of sp³-hybridized carbons (Fsp3) is 0.367. The van der Waals surface area contributed by atoms with Crippen LogP contribution in [0.2, 0.25) is 0 Å². The second-order valence-corrected chi connectivity index (χ2v) is 11.7. The first-order valence-electron chi connectivity index (χ1n) is 14.2. The summed E-state index contributed by atoms with van der Waals surface area (Å²) in [6, 6.07) is 13.8. The van der Waals surface area contributed by atoms with Crippen LogP contribution in [0.3, 0.4) is 0 Å². The largest absolute Gasteiger partial charge is 0.446 e. The molecular weight excluding hydrogens is 593 g/mol. The number of hydrogen-bond donors (Lipinski definition) is 6. The van der Waals surface area contributed by atoms with Gasteiger partial charge in [0.15, 0.2) is 5.96 Å². The lowest BCUT2D eigenvalue weighted by Gasteiger charge is -2.15. The van der Waals surface area contributed by atoms with E-state index in [0.29, 0.717) is 59.3 Å². The van der Waals surface area contributed by atoms with Crippen LogP contribution in [-0.4, -0.2) is 56.8 Å². The maximum absolute atomic E-state index is 13.3. The number of guanidine groups is 1. The van der Waals surface area contributed by atoms with Gasteiger partial charge in [0.2, 0.25) is 0 Å². The monoisotopic (exact) mass is 630 g/mol. The van der Waals surface area contributed by atoms with Crippen molar-refractivity contribution in [3.63, 3.8) is 0 Å². The van der Waals surface area contributed by atoms with Crippen LogP contribution in [0.5, 0.6) is 0 Å². The van der Waals surface area contributed by atoms with Gasteiger partial charge in [0.05, 0.1) is 12.3 Å². The summed E-state index contributed by atoms with van der Waals surface area (Å²) < 4.78 is 41.2. The zero-order chi connectivity index (χ0) is 31.9. The maximum Gasteiger partial charge on any atom is 0.446 e. The van der Waals surface area contributed by atoms with E-state index in [4.69, 9.17) is 22.3 Å². The zero-order valence-corrected chi connectivity index (χ0v) is 25.1. The third-order valence-corrected chi connectivity index (χ3v) is 7.75. The Morgan fingerprint density at radius 1 is 1.16 bits per heavy atom. The number of nitrogens with two attached hydrogens (primary N) is 3. The number of halogens is 3. The highest BCUT2D eigenvalue weighted by molar-refractivity contribution is 8.00. The molecule has 4 rings (SSSR count). The molecular formula is C30H37F3N8O2S. The summed E-state index contributed by atoms with van der Waals surface area (Å²) in [6.45, 7) is 3.16. The van der Waals surface area contributed by atoms with Crippen molar-refractivity contribution in [1.82, 2.24) is 19.9 Å². The van der Waals surface area contributed by atoms with Gasteiger partial charge in [-0.2, -0.15) is 18.2 Å². The minimum atomic E-state index is -4.45. The number of benzene rings is 2. The van der Waals surface area contributed by atoms with Crippen molar-refractivity contribution in [1.29, 1.82) is 0 Å². The Labute approximate surface area is 257 Å².